The number of hydrogen-bond donors (Lipinski definition) is 1. The van der Waals surface area contributed by atoms with E-state index in [9.17, 15) is 14.4 Å². The van der Waals surface area contributed by atoms with Crippen LogP contribution in [0.5, 0.6) is 0 Å². The Balaban J connectivity index is 1.75. The molecule has 0 radical (unpaired) electrons. The van der Waals surface area contributed by atoms with E-state index in [-0.39, 0.29) is 59.3 Å². The van der Waals surface area contributed by atoms with Crippen LogP contribution in [0.15, 0.2) is 6.20 Å². The first kappa shape index (κ1) is 28.9. The molecular weight excluding hydrogens is 450 g/mol. The van der Waals surface area contributed by atoms with Gasteiger partial charge in [0.05, 0.1) is 38.0 Å². The highest BCUT2D eigenvalue weighted by molar-refractivity contribution is 6.04. The lowest BCUT2D eigenvalue weighted by molar-refractivity contribution is -0.140. The molecule has 1 aliphatic rings. The van der Waals surface area contributed by atoms with Crippen LogP contribution >= 0.6 is 0 Å². The fraction of sp³-hybridized carbons (Fsp3) is 0.800. The predicted octanol–water partition coefficient (Wildman–Crippen LogP) is 2.17. The summed E-state index contributed by atoms with van der Waals surface area (Å²) in [4.78, 5) is 38.5. The van der Waals surface area contributed by atoms with Crippen LogP contribution in [-0.2, 0) is 35.8 Å². The van der Waals surface area contributed by atoms with E-state index in [1.54, 1.807) is 11.8 Å². The molecule has 0 aliphatic carbocycles. The van der Waals surface area contributed by atoms with E-state index in [4.69, 9.17) is 9.47 Å². The lowest BCUT2D eigenvalue weighted by Gasteiger charge is -2.28. The monoisotopic (exact) mass is 493 g/mol. The van der Waals surface area contributed by atoms with Crippen molar-refractivity contribution in [3.63, 3.8) is 0 Å². The molecule has 1 aromatic heterocycles. The summed E-state index contributed by atoms with van der Waals surface area (Å²) in [5, 5.41) is 11.3. The molecule has 198 valence electrons. The summed E-state index contributed by atoms with van der Waals surface area (Å²) in [7, 11) is 1.65. The second-order valence-corrected chi connectivity index (χ2v) is 11.9. The average Bonchev–Trinajstić information content (AvgIpc) is 3.34. The smallest absolute Gasteiger partial charge is 0.233 e. The van der Waals surface area contributed by atoms with Crippen LogP contribution in [0, 0.1) is 16.7 Å². The molecular formula is C25H43N5O5. The van der Waals surface area contributed by atoms with E-state index in [0.29, 0.717) is 32.9 Å². The maximum atomic E-state index is 12.6. The number of carbonyl (C=O) groups excluding carboxylic acids is 3. The maximum Gasteiger partial charge on any atom is 0.233 e. The third-order valence-corrected chi connectivity index (χ3v) is 6.33. The molecule has 2 rings (SSSR count). The van der Waals surface area contributed by atoms with Gasteiger partial charge in [0.15, 0.2) is 0 Å². The van der Waals surface area contributed by atoms with Crippen LogP contribution in [0.3, 0.4) is 0 Å². The van der Waals surface area contributed by atoms with Gasteiger partial charge in [-0.3, -0.25) is 19.3 Å². The molecule has 1 N–H and O–H groups in total. The van der Waals surface area contributed by atoms with Gasteiger partial charge in [-0.1, -0.05) is 53.7 Å². The summed E-state index contributed by atoms with van der Waals surface area (Å²) < 4.78 is 12.8. The molecule has 10 nitrogen and oxygen atoms in total. The topological polar surface area (TPSA) is 116 Å². The van der Waals surface area contributed by atoms with Gasteiger partial charge in [-0.05, 0) is 5.41 Å². The van der Waals surface area contributed by atoms with Crippen LogP contribution in [0.4, 0.5) is 0 Å². The largest absolute Gasteiger partial charge is 0.383 e. The van der Waals surface area contributed by atoms with Gasteiger partial charge in [0.1, 0.15) is 0 Å². The quantitative estimate of drug-likeness (QED) is 0.419. The number of carbonyl (C=O) groups is 3. The minimum Gasteiger partial charge on any atom is -0.383 e. The van der Waals surface area contributed by atoms with E-state index >= 15 is 0 Å². The lowest BCUT2D eigenvalue weighted by atomic mass is 9.80. The van der Waals surface area contributed by atoms with Gasteiger partial charge >= 0.3 is 0 Å². The number of aromatic nitrogens is 3. The van der Waals surface area contributed by atoms with Crippen molar-refractivity contribution in [2.45, 2.75) is 73.3 Å². The average molecular weight is 494 g/mol. The number of methoxy groups -OCH3 is 1. The van der Waals surface area contributed by atoms with Crippen LogP contribution in [0.25, 0.3) is 0 Å². The van der Waals surface area contributed by atoms with E-state index < -0.39 is 0 Å². The molecule has 1 saturated heterocycles. The van der Waals surface area contributed by atoms with Crippen LogP contribution in [-0.4, -0.2) is 77.6 Å². The lowest BCUT2D eigenvalue weighted by Crippen LogP contribution is -2.40. The first-order valence-electron chi connectivity index (χ1n) is 12.2. The predicted molar refractivity (Wildman–Crippen MR) is 131 cm³/mol. The van der Waals surface area contributed by atoms with Gasteiger partial charge < -0.3 is 14.8 Å². The summed E-state index contributed by atoms with van der Waals surface area (Å²) in [5.74, 6) is -0.887. The van der Waals surface area contributed by atoms with Crippen molar-refractivity contribution < 1.29 is 23.9 Å². The highest BCUT2D eigenvalue weighted by Crippen LogP contribution is 2.35. The Kier molecular flexibility index (Phi) is 9.58. The molecule has 1 aliphatic heterocycles. The van der Waals surface area contributed by atoms with Crippen molar-refractivity contribution in [2.75, 3.05) is 40.0 Å². The van der Waals surface area contributed by atoms with E-state index in [2.05, 4.69) is 29.5 Å². The first-order valence-corrected chi connectivity index (χ1v) is 12.2. The van der Waals surface area contributed by atoms with Gasteiger partial charge in [0, 0.05) is 50.1 Å². The Labute approximate surface area is 209 Å². The van der Waals surface area contributed by atoms with Crippen LogP contribution in [0.2, 0.25) is 0 Å². The minimum absolute atomic E-state index is 0.0943. The molecule has 1 aromatic rings. The molecule has 35 heavy (non-hydrogen) atoms. The second-order valence-electron chi connectivity index (χ2n) is 11.9. The van der Waals surface area contributed by atoms with E-state index in [0.717, 1.165) is 5.69 Å². The fourth-order valence-electron chi connectivity index (χ4n) is 3.84. The van der Waals surface area contributed by atoms with Crippen LogP contribution in [0.1, 0.15) is 67.0 Å². The maximum absolute atomic E-state index is 12.6. The summed E-state index contributed by atoms with van der Waals surface area (Å²) in [6.07, 6.45) is 2.22. The van der Waals surface area contributed by atoms with Gasteiger partial charge in [0.25, 0.3) is 0 Å². The molecule has 0 saturated carbocycles. The number of nitrogens with zero attached hydrogens (tertiary/aromatic N) is 4. The van der Waals surface area contributed by atoms with Crippen molar-refractivity contribution in [2.24, 2.45) is 16.7 Å². The summed E-state index contributed by atoms with van der Waals surface area (Å²) in [6.45, 7) is 16.7. The Morgan fingerprint density at radius 1 is 1.11 bits per heavy atom. The molecule has 0 spiro atoms. The zero-order valence-corrected chi connectivity index (χ0v) is 22.6. The number of ether oxygens (including phenoxy) is 2. The summed E-state index contributed by atoms with van der Waals surface area (Å²) >= 11 is 0. The molecule has 2 heterocycles. The third kappa shape index (κ3) is 8.38. The molecule has 10 heteroatoms. The molecule has 3 amide bonds. The van der Waals surface area contributed by atoms with E-state index in [1.165, 1.54) is 4.90 Å². The zero-order chi connectivity index (χ0) is 26.4. The van der Waals surface area contributed by atoms with Crippen LogP contribution < -0.4 is 5.32 Å². The highest BCUT2D eigenvalue weighted by atomic mass is 16.5. The number of rotatable bonds is 13. The normalized spacial score (nSPS) is 17.4. The molecule has 1 atom stereocenters. The van der Waals surface area contributed by atoms with Crippen molar-refractivity contribution in [1.29, 1.82) is 0 Å². The zero-order valence-electron chi connectivity index (χ0n) is 22.6. The van der Waals surface area contributed by atoms with Gasteiger partial charge in [-0.25, -0.2) is 4.68 Å². The van der Waals surface area contributed by atoms with Crippen molar-refractivity contribution >= 4 is 17.7 Å². The Bertz CT molecular complexity index is 887. The van der Waals surface area contributed by atoms with E-state index in [1.807, 2.05) is 40.8 Å². The molecule has 1 fully saturated rings. The number of amides is 3. The van der Waals surface area contributed by atoms with Gasteiger partial charge in [-0.15, -0.1) is 5.10 Å². The first-order chi connectivity index (χ1) is 16.2. The Hall–Kier alpha value is -2.33. The molecule has 0 aromatic carbocycles. The Morgan fingerprint density at radius 3 is 2.40 bits per heavy atom. The highest BCUT2D eigenvalue weighted by Gasteiger charge is 2.44. The Morgan fingerprint density at radius 2 is 1.80 bits per heavy atom. The third-order valence-electron chi connectivity index (χ3n) is 6.33. The second kappa shape index (κ2) is 11.6. The number of nitrogens with one attached hydrogen (secondary N) is 1. The number of imide groups is 1. The molecule has 1 unspecified atom stereocenters. The van der Waals surface area contributed by atoms with Gasteiger partial charge in [0.2, 0.25) is 17.7 Å². The van der Waals surface area contributed by atoms with Crippen molar-refractivity contribution in [3.05, 3.63) is 11.9 Å². The van der Waals surface area contributed by atoms with Gasteiger partial charge in [-0.2, -0.15) is 0 Å². The number of hydrogen-bond acceptors (Lipinski definition) is 7. The SMILES string of the molecule is COCCn1cc(C(C)(C)COCC(C)(C)CNC(=O)CCN2C(=O)CC(C(C)(C)C)C2=O)nn1. The minimum atomic E-state index is -0.326. The standard InChI is InChI=1S/C25H43N5O5/c1-23(2,3)18-13-21(32)30(22(18)33)10-9-20(31)26-15-24(4,5)16-35-17-25(6,7)19-14-29(28-27-19)11-12-34-8/h14,18H,9-13,15-17H2,1-8H3,(H,26,31). The summed E-state index contributed by atoms with van der Waals surface area (Å²) in [6, 6.07) is 0. The summed E-state index contributed by atoms with van der Waals surface area (Å²) in [5.41, 5.74) is -0.0366. The van der Waals surface area contributed by atoms with Crippen molar-refractivity contribution in [1.82, 2.24) is 25.2 Å². The van der Waals surface area contributed by atoms with Crippen molar-refractivity contribution in [3.8, 4) is 0 Å². The number of likely N-dealkylation sites (tertiary alicyclic amines) is 1. The molecule has 0 bridgehead atoms. The fourth-order valence-corrected chi connectivity index (χ4v) is 3.84.